The van der Waals surface area contributed by atoms with Crippen LogP contribution < -0.4 is 11.1 Å². The molecule has 0 aliphatic heterocycles. The largest absolute Gasteiger partial charge is 0.352 e. The minimum atomic E-state index is -0.298. The lowest BCUT2D eigenvalue weighted by atomic mass is 10.0. The van der Waals surface area contributed by atoms with E-state index >= 15 is 0 Å². The van der Waals surface area contributed by atoms with Crippen LogP contribution in [-0.4, -0.2) is 5.91 Å². The highest BCUT2D eigenvalue weighted by atomic mass is 19.1. The first kappa shape index (κ1) is 15.2. The van der Waals surface area contributed by atoms with E-state index in [-0.39, 0.29) is 17.8 Å². The summed E-state index contributed by atoms with van der Waals surface area (Å²) in [5, 5.41) is 2.77. The highest BCUT2D eigenvalue weighted by Gasteiger charge is 2.08. The molecule has 110 valence electrons. The van der Waals surface area contributed by atoms with Gasteiger partial charge in [-0.2, -0.15) is 0 Å². The highest BCUT2D eigenvalue weighted by molar-refractivity contribution is 5.75. The second kappa shape index (κ2) is 7.55. The summed E-state index contributed by atoms with van der Waals surface area (Å²) in [4.78, 5) is 11.8. The number of amides is 1. The van der Waals surface area contributed by atoms with Gasteiger partial charge in [0.25, 0.3) is 0 Å². The van der Waals surface area contributed by atoms with Gasteiger partial charge in [-0.05, 0) is 29.7 Å². The Morgan fingerprint density at radius 2 is 1.90 bits per heavy atom. The summed E-state index contributed by atoms with van der Waals surface area (Å²) in [6, 6.07) is 15.7. The van der Waals surface area contributed by atoms with E-state index in [1.807, 2.05) is 30.3 Å². The number of rotatable bonds is 6. The standard InChI is InChI=1S/C17H19FN2O/c18-15-8-4-5-13(11-15)12-20-17(21)10-9-16(19)14-6-2-1-3-7-14/h1-8,11,16H,9-10,12,19H2,(H,20,21). The van der Waals surface area contributed by atoms with Crippen LogP contribution in [0.25, 0.3) is 0 Å². The zero-order valence-corrected chi connectivity index (χ0v) is 11.8. The van der Waals surface area contributed by atoms with E-state index in [9.17, 15) is 9.18 Å². The molecule has 2 aromatic carbocycles. The Kier molecular flexibility index (Phi) is 5.46. The lowest BCUT2D eigenvalue weighted by Gasteiger charge is -2.12. The Balaban J connectivity index is 1.75. The number of nitrogens with one attached hydrogen (secondary N) is 1. The molecule has 0 heterocycles. The fraction of sp³-hybridized carbons (Fsp3) is 0.235. The van der Waals surface area contributed by atoms with E-state index in [2.05, 4.69) is 5.32 Å². The third kappa shape index (κ3) is 5.00. The van der Waals surface area contributed by atoms with Gasteiger partial charge in [0, 0.05) is 19.0 Å². The Hall–Kier alpha value is -2.20. The van der Waals surface area contributed by atoms with Crippen LogP contribution in [0.1, 0.15) is 30.0 Å². The molecule has 4 heteroatoms. The zero-order valence-electron chi connectivity index (χ0n) is 11.8. The molecule has 0 saturated carbocycles. The molecule has 2 aromatic rings. The smallest absolute Gasteiger partial charge is 0.220 e. The molecule has 0 aliphatic carbocycles. The molecular weight excluding hydrogens is 267 g/mol. The number of hydrogen-bond donors (Lipinski definition) is 2. The Morgan fingerprint density at radius 1 is 1.14 bits per heavy atom. The third-order valence-corrected chi connectivity index (χ3v) is 3.29. The van der Waals surface area contributed by atoms with Gasteiger partial charge in [-0.25, -0.2) is 4.39 Å². The summed E-state index contributed by atoms with van der Waals surface area (Å²) in [6.45, 7) is 0.331. The molecule has 0 aromatic heterocycles. The van der Waals surface area contributed by atoms with Crippen LogP contribution in [0.3, 0.4) is 0 Å². The number of hydrogen-bond acceptors (Lipinski definition) is 2. The zero-order chi connectivity index (χ0) is 15.1. The van der Waals surface area contributed by atoms with Crippen LogP contribution in [0, 0.1) is 5.82 Å². The minimum Gasteiger partial charge on any atom is -0.352 e. The van der Waals surface area contributed by atoms with E-state index in [0.717, 1.165) is 11.1 Å². The summed E-state index contributed by atoms with van der Waals surface area (Å²) in [6.07, 6.45) is 0.935. The van der Waals surface area contributed by atoms with Crippen molar-refractivity contribution in [3.8, 4) is 0 Å². The minimum absolute atomic E-state index is 0.0781. The normalized spacial score (nSPS) is 11.9. The van der Waals surface area contributed by atoms with Gasteiger partial charge < -0.3 is 11.1 Å². The maximum absolute atomic E-state index is 13.0. The number of benzene rings is 2. The first-order valence-electron chi connectivity index (χ1n) is 6.97. The van der Waals surface area contributed by atoms with Crippen LogP contribution in [0.15, 0.2) is 54.6 Å². The molecule has 3 N–H and O–H groups in total. The van der Waals surface area contributed by atoms with E-state index in [0.29, 0.717) is 19.4 Å². The summed E-state index contributed by atoms with van der Waals surface area (Å²) in [7, 11) is 0. The molecule has 3 nitrogen and oxygen atoms in total. The Labute approximate surface area is 124 Å². The van der Waals surface area contributed by atoms with Crippen molar-refractivity contribution in [3.63, 3.8) is 0 Å². The van der Waals surface area contributed by atoms with Gasteiger partial charge in [0.2, 0.25) is 5.91 Å². The molecule has 0 saturated heterocycles. The van der Waals surface area contributed by atoms with Gasteiger partial charge in [0.05, 0.1) is 0 Å². The number of carbonyl (C=O) groups is 1. The van der Waals surface area contributed by atoms with Gasteiger partial charge >= 0.3 is 0 Å². The van der Waals surface area contributed by atoms with E-state index in [1.165, 1.54) is 12.1 Å². The lowest BCUT2D eigenvalue weighted by Crippen LogP contribution is -2.24. The molecule has 0 spiro atoms. The maximum atomic E-state index is 13.0. The van der Waals surface area contributed by atoms with Crippen LogP contribution in [0.2, 0.25) is 0 Å². The number of nitrogens with two attached hydrogens (primary N) is 1. The topological polar surface area (TPSA) is 55.1 Å². The van der Waals surface area contributed by atoms with Crippen LogP contribution in [0.4, 0.5) is 4.39 Å². The predicted molar refractivity (Wildman–Crippen MR) is 80.9 cm³/mol. The highest BCUT2D eigenvalue weighted by Crippen LogP contribution is 2.14. The number of halogens is 1. The van der Waals surface area contributed by atoms with Crippen LogP contribution >= 0.6 is 0 Å². The SMILES string of the molecule is NC(CCC(=O)NCc1cccc(F)c1)c1ccccc1. The Bertz CT molecular complexity index is 586. The second-order valence-corrected chi connectivity index (χ2v) is 4.96. The monoisotopic (exact) mass is 286 g/mol. The lowest BCUT2D eigenvalue weighted by molar-refractivity contribution is -0.121. The average Bonchev–Trinajstić information content (AvgIpc) is 2.51. The quantitative estimate of drug-likeness (QED) is 0.858. The van der Waals surface area contributed by atoms with Gasteiger partial charge in [0.15, 0.2) is 0 Å². The summed E-state index contributed by atoms with van der Waals surface area (Å²) < 4.78 is 13.0. The van der Waals surface area contributed by atoms with Crippen molar-refractivity contribution in [2.24, 2.45) is 5.73 Å². The third-order valence-electron chi connectivity index (χ3n) is 3.29. The fourth-order valence-electron chi connectivity index (χ4n) is 2.09. The van der Waals surface area contributed by atoms with Crippen LogP contribution in [-0.2, 0) is 11.3 Å². The Morgan fingerprint density at radius 3 is 2.62 bits per heavy atom. The van der Waals surface area contributed by atoms with Crippen molar-refractivity contribution in [1.29, 1.82) is 0 Å². The number of carbonyl (C=O) groups excluding carboxylic acids is 1. The van der Waals surface area contributed by atoms with Crippen molar-refractivity contribution >= 4 is 5.91 Å². The van der Waals surface area contributed by atoms with E-state index < -0.39 is 0 Å². The van der Waals surface area contributed by atoms with Crippen LogP contribution in [0.5, 0.6) is 0 Å². The molecule has 21 heavy (non-hydrogen) atoms. The van der Waals surface area contributed by atoms with Crippen molar-refractivity contribution in [3.05, 3.63) is 71.5 Å². The summed E-state index contributed by atoms with van der Waals surface area (Å²) in [5.41, 5.74) is 7.81. The summed E-state index contributed by atoms with van der Waals surface area (Å²) >= 11 is 0. The maximum Gasteiger partial charge on any atom is 0.220 e. The van der Waals surface area contributed by atoms with Crippen molar-refractivity contribution in [2.45, 2.75) is 25.4 Å². The van der Waals surface area contributed by atoms with Crippen molar-refractivity contribution in [2.75, 3.05) is 0 Å². The summed E-state index contributed by atoms with van der Waals surface area (Å²) in [5.74, 6) is -0.376. The van der Waals surface area contributed by atoms with Crippen molar-refractivity contribution < 1.29 is 9.18 Å². The molecule has 1 atom stereocenters. The predicted octanol–water partition coefficient (Wildman–Crippen LogP) is 2.92. The molecule has 0 fully saturated rings. The van der Waals surface area contributed by atoms with Gasteiger partial charge in [0.1, 0.15) is 5.82 Å². The molecule has 1 amide bonds. The molecule has 1 unspecified atom stereocenters. The molecular formula is C17H19FN2O. The first-order chi connectivity index (χ1) is 10.1. The van der Waals surface area contributed by atoms with E-state index in [4.69, 9.17) is 5.73 Å². The van der Waals surface area contributed by atoms with E-state index in [1.54, 1.807) is 12.1 Å². The fourth-order valence-corrected chi connectivity index (χ4v) is 2.09. The van der Waals surface area contributed by atoms with Gasteiger partial charge in [-0.3, -0.25) is 4.79 Å². The van der Waals surface area contributed by atoms with Gasteiger partial charge in [-0.1, -0.05) is 42.5 Å². The molecule has 0 aliphatic rings. The first-order valence-corrected chi connectivity index (χ1v) is 6.97. The second-order valence-electron chi connectivity index (χ2n) is 4.96. The molecule has 2 rings (SSSR count). The van der Waals surface area contributed by atoms with Crippen molar-refractivity contribution in [1.82, 2.24) is 5.32 Å². The average molecular weight is 286 g/mol. The molecule has 0 radical (unpaired) electrons. The van der Waals surface area contributed by atoms with Gasteiger partial charge in [-0.15, -0.1) is 0 Å². The molecule has 0 bridgehead atoms.